The summed E-state index contributed by atoms with van der Waals surface area (Å²) in [5.74, 6) is 1.66. The third-order valence-corrected chi connectivity index (χ3v) is 4.25. The van der Waals surface area contributed by atoms with Crippen LogP contribution < -0.4 is 69.7 Å². The molecule has 2 heterocycles. The molecule has 0 unspecified atom stereocenters. The molecule has 0 spiro atoms. The van der Waals surface area contributed by atoms with Crippen LogP contribution >= 0.6 is 0 Å². The van der Waals surface area contributed by atoms with Gasteiger partial charge in [0.05, 0.1) is 0 Å². The van der Waals surface area contributed by atoms with Crippen molar-refractivity contribution in [3.8, 4) is 0 Å². The Kier molecular flexibility index (Phi) is 16.1. The maximum atomic E-state index is 5.02. The van der Waals surface area contributed by atoms with E-state index in [0.29, 0.717) is 10.3 Å². The summed E-state index contributed by atoms with van der Waals surface area (Å²) < 4.78 is 0. The quantitative estimate of drug-likeness (QED) is 0.174. The second-order valence-electron chi connectivity index (χ2n) is 6.33. The van der Waals surface area contributed by atoms with Gasteiger partial charge in [-0.2, -0.15) is 0 Å². The standard InChI is InChI=1S/C18H28N6S2.2Na/c1-13-11-15(23-17(25)21-13)19-9-7-5-3-4-6-8-10-20-16-12-14(2)22-18(26)24-16;;/h11-12H,3-10H2,1-2H3,(H2,19,21,23,25)(H2,20,22,24,26);;/q;2*+1/p-2. The smallest absolute Gasteiger partial charge is 0.740 e. The van der Waals surface area contributed by atoms with Crippen LogP contribution in [0.15, 0.2) is 22.4 Å². The Balaban J connectivity index is 0.00000364. The minimum atomic E-state index is 0. The summed E-state index contributed by atoms with van der Waals surface area (Å²) in [6.07, 6.45) is 7.20. The molecule has 0 fully saturated rings. The molecule has 10 heteroatoms. The maximum absolute atomic E-state index is 5.02. The van der Waals surface area contributed by atoms with Crippen LogP contribution in [0.4, 0.5) is 11.6 Å². The van der Waals surface area contributed by atoms with Gasteiger partial charge in [0, 0.05) is 46.9 Å². The molecule has 28 heavy (non-hydrogen) atoms. The van der Waals surface area contributed by atoms with Gasteiger partial charge in [-0.3, -0.25) is 9.97 Å². The van der Waals surface area contributed by atoms with Crippen LogP contribution in [0.1, 0.15) is 49.9 Å². The summed E-state index contributed by atoms with van der Waals surface area (Å²) >= 11 is 10.0. The van der Waals surface area contributed by atoms with E-state index in [1.165, 1.54) is 25.7 Å². The molecule has 2 aromatic heterocycles. The summed E-state index contributed by atoms with van der Waals surface area (Å²) in [4.78, 5) is 16.6. The maximum Gasteiger partial charge on any atom is 1.00 e. The average Bonchev–Trinajstić information content (AvgIpc) is 2.55. The topological polar surface area (TPSA) is 75.6 Å². The predicted octanol–water partition coefficient (Wildman–Crippen LogP) is -2.43. The first kappa shape index (κ1) is 28.2. The first-order valence-electron chi connectivity index (χ1n) is 9.06. The summed E-state index contributed by atoms with van der Waals surface area (Å²) in [7, 11) is 0. The first-order valence-corrected chi connectivity index (χ1v) is 9.88. The van der Waals surface area contributed by atoms with E-state index in [9.17, 15) is 0 Å². The van der Waals surface area contributed by atoms with Crippen molar-refractivity contribution < 1.29 is 59.1 Å². The van der Waals surface area contributed by atoms with Gasteiger partial charge in [-0.15, -0.1) is 0 Å². The second kappa shape index (κ2) is 16.0. The Bertz CT molecular complexity index is 606. The molecule has 0 aliphatic carbocycles. The molecule has 0 atom stereocenters. The fourth-order valence-corrected chi connectivity index (χ4v) is 3.14. The Morgan fingerprint density at radius 1 is 0.643 bits per heavy atom. The molecule has 2 aromatic rings. The van der Waals surface area contributed by atoms with E-state index in [0.717, 1.165) is 49.0 Å². The van der Waals surface area contributed by atoms with E-state index in [4.69, 9.17) is 25.3 Å². The van der Waals surface area contributed by atoms with Crippen LogP contribution in [0.2, 0.25) is 0 Å². The molecule has 0 saturated heterocycles. The Labute approximate surface area is 223 Å². The van der Waals surface area contributed by atoms with E-state index >= 15 is 0 Å². The number of nitrogens with zero attached hydrogens (tertiary/aromatic N) is 4. The fourth-order valence-electron chi connectivity index (χ4n) is 2.65. The Hall–Kier alpha value is 0.200. The summed E-state index contributed by atoms with van der Waals surface area (Å²) in [5, 5.41) is 7.44. The van der Waals surface area contributed by atoms with E-state index in [1.807, 2.05) is 26.0 Å². The van der Waals surface area contributed by atoms with Crippen molar-refractivity contribution >= 4 is 36.9 Å². The van der Waals surface area contributed by atoms with Crippen molar-refractivity contribution in [2.24, 2.45) is 0 Å². The number of rotatable bonds is 11. The molecule has 142 valence electrons. The van der Waals surface area contributed by atoms with Crippen LogP contribution in [-0.4, -0.2) is 33.0 Å². The first-order chi connectivity index (χ1) is 12.5. The minimum Gasteiger partial charge on any atom is -0.740 e. The van der Waals surface area contributed by atoms with Crippen molar-refractivity contribution in [2.75, 3.05) is 23.7 Å². The molecule has 0 aliphatic heterocycles. The number of anilines is 2. The number of unbranched alkanes of at least 4 members (excludes halogenated alkanes) is 5. The van der Waals surface area contributed by atoms with Gasteiger partial charge in [0.1, 0.15) is 11.6 Å². The molecular formula is C18H26N6Na2S2. The van der Waals surface area contributed by atoms with E-state index < -0.39 is 0 Å². The van der Waals surface area contributed by atoms with E-state index in [2.05, 4.69) is 30.6 Å². The Morgan fingerprint density at radius 2 is 1.00 bits per heavy atom. The normalized spacial score (nSPS) is 9.93. The van der Waals surface area contributed by atoms with E-state index in [1.54, 1.807) is 0 Å². The molecule has 2 rings (SSSR count). The fraction of sp³-hybridized carbons (Fsp3) is 0.556. The average molecular weight is 437 g/mol. The molecule has 0 radical (unpaired) electrons. The van der Waals surface area contributed by atoms with Crippen molar-refractivity contribution in [1.82, 2.24) is 19.9 Å². The van der Waals surface area contributed by atoms with Crippen molar-refractivity contribution in [3.63, 3.8) is 0 Å². The molecule has 0 amide bonds. The van der Waals surface area contributed by atoms with Crippen molar-refractivity contribution in [3.05, 3.63) is 23.5 Å². The molecule has 2 N–H and O–H groups in total. The van der Waals surface area contributed by atoms with Crippen LogP contribution in [0.3, 0.4) is 0 Å². The Morgan fingerprint density at radius 3 is 1.36 bits per heavy atom. The van der Waals surface area contributed by atoms with Gasteiger partial charge in [-0.05, 0) is 26.7 Å². The molecular weight excluding hydrogens is 410 g/mol. The van der Waals surface area contributed by atoms with Crippen LogP contribution in [0.25, 0.3) is 0 Å². The molecule has 6 nitrogen and oxygen atoms in total. The number of aryl methyl sites for hydroxylation is 2. The van der Waals surface area contributed by atoms with Crippen molar-refractivity contribution in [1.29, 1.82) is 0 Å². The molecule has 0 saturated carbocycles. The second-order valence-corrected chi connectivity index (χ2v) is 7.06. The van der Waals surface area contributed by atoms with E-state index in [-0.39, 0.29) is 59.1 Å². The van der Waals surface area contributed by atoms with Gasteiger partial charge in [0.15, 0.2) is 0 Å². The van der Waals surface area contributed by atoms with Gasteiger partial charge in [0.2, 0.25) is 0 Å². The zero-order valence-corrected chi connectivity index (χ0v) is 23.0. The monoisotopic (exact) mass is 436 g/mol. The van der Waals surface area contributed by atoms with Crippen LogP contribution in [0.5, 0.6) is 0 Å². The zero-order chi connectivity index (χ0) is 18.8. The summed E-state index contributed by atoms with van der Waals surface area (Å²) in [6, 6.07) is 3.85. The minimum absolute atomic E-state index is 0. The van der Waals surface area contributed by atoms with Gasteiger partial charge < -0.3 is 35.9 Å². The van der Waals surface area contributed by atoms with Gasteiger partial charge in [-0.25, -0.2) is 9.97 Å². The van der Waals surface area contributed by atoms with Gasteiger partial charge in [-0.1, -0.05) is 25.7 Å². The third kappa shape index (κ3) is 12.0. The zero-order valence-electron chi connectivity index (χ0n) is 17.4. The van der Waals surface area contributed by atoms with Crippen LogP contribution in [0, 0.1) is 13.8 Å². The van der Waals surface area contributed by atoms with Crippen molar-refractivity contribution in [2.45, 2.75) is 62.7 Å². The molecule has 0 aliphatic rings. The number of hydrogen-bond donors (Lipinski definition) is 2. The number of aromatic nitrogens is 4. The third-order valence-electron chi connectivity index (χ3n) is 3.88. The molecule has 0 aromatic carbocycles. The predicted molar refractivity (Wildman–Crippen MR) is 109 cm³/mol. The number of hydrogen-bond acceptors (Lipinski definition) is 8. The number of nitrogens with one attached hydrogen (secondary N) is 2. The summed E-state index contributed by atoms with van der Waals surface area (Å²) in [5.41, 5.74) is 1.81. The van der Waals surface area contributed by atoms with Crippen LogP contribution in [-0.2, 0) is 25.3 Å². The SMILES string of the molecule is Cc1cc(NCCCCCCCCNc2cc(C)nc([S-])n2)nc([S-])n1.[Na+].[Na+]. The largest absolute Gasteiger partial charge is 1.00 e. The molecule has 0 bridgehead atoms. The van der Waals surface area contributed by atoms with Gasteiger partial charge in [0.25, 0.3) is 0 Å². The van der Waals surface area contributed by atoms with Gasteiger partial charge >= 0.3 is 59.1 Å². The summed E-state index contributed by atoms with van der Waals surface area (Å²) in [6.45, 7) is 5.70.